The summed E-state index contributed by atoms with van der Waals surface area (Å²) in [6, 6.07) is 14.6. The topological polar surface area (TPSA) is 79.4 Å². The van der Waals surface area contributed by atoms with E-state index in [1.807, 2.05) is 65.0 Å². The molecule has 3 rings (SSSR count). The minimum atomic E-state index is -3.54. The van der Waals surface area contributed by atoms with Gasteiger partial charge < -0.3 is 5.32 Å². The first kappa shape index (κ1) is 24.2. The number of fused-ring (bicyclic) bond motifs is 1. The first-order valence-electron chi connectivity index (χ1n) is 10.6. The number of aryl methyl sites for hydroxylation is 2. The van der Waals surface area contributed by atoms with Crippen molar-refractivity contribution in [2.24, 2.45) is 0 Å². The Kier molecular flexibility index (Phi) is 7.59. The van der Waals surface area contributed by atoms with Gasteiger partial charge in [0, 0.05) is 24.2 Å². The van der Waals surface area contributed by atoms with Crippen molar-refractivity contribution in [3.63, 3.8) is 0 Å². The number of aromatic nitrogens is 1. The summed E-state index contributed by atoms with van der Waals surface area (Å²) in [7, 11) is -3.54. The number of nitrogens with zero attached hydrogens (tertiary/aromatic N) is 2. The van der Waals surface area contributed by atoms with Crippen LogP contribution in [0.4, 0.5) is 5.69 Å². The van der Waals surface area contributed by atoms with E-state index in [1.165, 1.54) is 16.1 Å². The van der Waals surface area contributed by atoms with Crippen LogP contribution in [0.25, 0.3) is 10.9 Å². The highest BCUT2D eigenvalue weighted by molar-refractivity contribution is 8.00. The molecule has 0 fully saturated rings. The van der Waals surface area contributed by atoms with Gasteiger partial charge in [-0.2, -0.15) is 4.31 Å². The van der Waals surface area contributed by atoms with E-state index >= 15 is 0 Å². The number of sulfonamides is 1. The highest BCUT2D eigenvalue weighted by Gasteiger charge is 2.22. The van der Waals surface area contributed by atoms with Crippen molar-refractivity contribution in [3.8, 4) is 0 Å². The molecule has 0 spiro atoms. The fraction of sp³-hybridized carbons (Fsp3) is 0.333. The van der Waals surface area contributed by atoms with E-state index < -0.39 is 10.0 Å². The number of benzene rings is 2. The monoisotopic (exact) mass is 471 g/mol. The first-order valence-corrected chi connectivity index (χ1v) is 12.9. The summed E-state index contributed by atoms with van der Waals surface area (Å²) >= 11 is 1.38. The molecule has 1 atom stereocenters. The van der Waals surface area contributed by atoms with Crippen molar-refractivity contribution in [1.29, 1.82) is 0 Å². The van der Waals surface area contributed by atoms with Crippen LogP contribution in [0.1, 0.15) is 31.9 Å². The third-order valence-corrected chi connectivity index (χ3v) is 8.44. The molecule has 1 amide bonds. The molecule has 1 heterocycles. The standard InChI is InChI=1S/C24H29N3O3S2/c1-6-27(7-2)32(29,30)19-12-13-22-20(15-19)17(4)14-23(25-22)31-18(5)24(28)26-21-11-9-8-10-16(21)3/h8-15,18H,6-7H2,1-5H3,(H,26,28)/t18-/m1/s1. The Morgan fingerprint density at radius 3 is 2.41 bits per heavy atom. The largest absolute Gasteiger partial charge is 0.325 e. The molecule has 2 aromatic carbocycles. The number of rotatable bonds is 8. The third-order valence-electron chi connectivity index (χ3n) is 5.38. The molecule has 0 aliphatic rings. The predicted molar refractivity (Wildman–Crippen MR) is 132 cm³/mol. The highest BCUT2D eigenvalue weighted by Crippen LogP contribution is 2.29. The average Bonchev–Trinajstić information content (AvgIpc) is 2.75. The smallest absolute Gasteiger partial charge is 0.243 e. The van der Waals surface area contributed by atoms with Gasteiger partial charge in [-0.05, 0) is 62.2 Å². The fourth-order valence-electron chi connectivity index (χ4n) is 3.46. The number of para-hydroxylation sites is 1. The number of pyridine rings is 1. The van der Waals surface area contributed by atoms with Crippen LogP contribution in [0, 0.1) is 13.8 Å². The van der Waals surface area contributed by atoms with E-state index in [-0.39, 0.29) is 16.1 Å². The first-order chi connectivity index (χ1) is 15.2. The Labute approximate surface area is 194 Å². The summed E-state index contributed by atoms with van der Waals surface area (Å²) in [5.74, 6) is -0.0930. The number of anilines is 1. The van der Waals surface area contributed by atoms with Crippen LogP contribution in [-0.2, 0) is 14.8 Å². The molecule has 0 radical (unpaired) electrons. The van der Waals surface area contributed by atoms with Gasteiger partial charge >= 0.3 is 0 Å². The molecule has 3 aromatic rings. The maximum Gasteiger partial charge on any atom is 0.243 e. The summed E-state index contributed by atoms with van der Waals surface area (Å²) in [4.78, 5) is 17.6. The molecule has 0 saturated heterocycles. The molecular formula is C24H29N3O3S2. The lowest BCUT2D eigenvalue weighted by molar-refractivity contribution is -0.115. The Bertz CT molecular complexity index is 1240. The number of nitrogens with one attached hydrogen (secondary N) is 1. The van der Waals surface area contributed by atoms with Crippen LogP contribution < -0.4 is 5.32 Å². The maximum atomic E-state index is 12.9. The molecule has 6 nitrogen and oxygen atoms in total. The molecule has 0 saturated carbocycles. The van der Waals surface area contributed by atoms with Crippen molar-refractivity contribution in [3.05, 3.63) is 59.7 Å². The Hall–Kier alpha value is -2.42. The number of hydrogen-bond donors (Lipinski definition) is 1. The second-order valence-electron chi connectivity index (χ2n) is 7.61. The molecule has 32 heavy (non-hydrogen) atoms. The molecule has 170 valence electrons. The molecule has 0 aliphatic carbocycles. The minimum Gasteiger partial charge on any atom is -0.325 e. The summed E-state index contributed by atoms with van der Waals surface area (Å²) in [6.07, 6.45) is 0. The molecule has 0 bridgehead atoms. The van der Waals surface area contributed by atoms with E-state index in [4.69, 9.17) is 0 Å². The Morgan fingerprint density at radius 2 is 1.75 bits per heavy atom. The van der Waals surface area contributed by atoms with Gasteiger partial charge in [0.25, 0.3) is 0 Å². The van der Waals surface area contributed by atoms with Gasteiger partial charge in [-0.25, -0.2) is 13.4 Å². The third kappa shape index (κ3) is 5.14. The Balaban J connectivity index is 1.83. The SMILES string of the molecule is CCN(CC)S(=O)(=O)c1ccc2nc(S[C@H](C)C(=O)Nc3ccccc3C)cc(C)c2c1. The number of thioether (sulfide) groups is 1. The second kappa shape index (κ2) is 10.0. The van der Waals surface area contributed by atoms with E-state index in [2.05, 4.69) is 10.3 Å². The fourth-order valence-corrected chi connectivity index (χ4v) is 5.87. The summed E-state index contributed by atoms with van der Waals surface area (Å²) in [6.45, 7) is 10.2. The minimum absolute atomic E-state index is 0.0930. The molecule has 1 N–H and O–H groups in total. The van der Waals surface area contributed by atoms with Crippen molar-refractivity contribution < 1.29 is 13.2 Å². The molecular weight excluding hydrogens is 442 g/mol. The maximum absolute atomic E-state index is 12.9. The summed E-state index contributed by atoms with van der Waals surface area (Å²) in [5.41, 5.74) is 3.43. The van der Waals surface area contributed by atoms with Crippen molar-refractivity contribution in [2.75, 3.05) is 18.4 Å². The summed E-state index contributed by atoms with van der Waals surface area (Å²) in [5, 5.41) is 4.14. The zero-order valence-corrected chi connectivity index (χ0v) is 20.7. The van der Waals surface area contributed by atoms with Gasteiger partial charge in [-0.15, -0.1) is 0 Å². The van der Waals surface area contributed by atoms with E-state index in [0.717, 1.165) is 27.2 Å². The molecule has 0 unspecified atom stereocenters. The molecule has 0 aliphatic heterocycles. The van der Waals surface area contributed by atoms with Gasteiger partial charge in [-0.3, -0.25) is 4.79 Å². The van der Waals surface area contributed by atoms with Gasteiger partial charge in [0.05, 0.1) is 20.7 Å². The Morgan fingerprint density at radius 1 is 1.06 bits per heavy atom. The van der Waals surface area contributed by atoms with Crippen LogP contribution in [0.2, 0.25) is 0 Å². The second-order valence-corrected chi connectivity index (χ2v) is 10.9. The number of carbonyl (C=O) groups is 1. The van der Waals surface area contributed by atoms with E-state index in [1.54, 1.807) is 18.2 Å². The van der Waals surface area contributed by atoms with Gasteiger partial charge in [0.2, 0.25) is 15.9 Å². The predicted octanol–water partition coefficient (Wildman–Crippen LogP) is 5.00. The van der Waals surface area contributed by atoms with Gasteiger partial charge in [0.1, 0.15) is 0 Å². The average molecular weight is 472 g/mol. The summed E-state index contributed by atoms with van der Waals surface area (Å²) < 4.78 is 27.2. The zero-order chi connectivity index (χ0) is 23.5. The zero-order valence-electron chi connectivity index (χ0n) is 19.0. The van der Waals surface area contributed by atoms with E-state index in [0.29, 0.717) is 18.6 Å². The lowest BCUT2D eigenvalue weighted by atomic mass is 10.1. The normalized spacial score (nSPS) is 12.8. The van der Waals surface area contributed by atoms with Crippen LogP contribution >= 0.6 is 11.8 Å². The van der Waals surface area contributed by atoms with Crippen molar-refractivity contribution >= 4 is 44.3 Å². The van der Waals surface area contributed by atoms with Crippen LogP contribution in [-0.4, -0.2) is 42.0 Å². The van der Waals surface area contributed by atoms with Crippen LogP contribution in [0.15, 0.2) is 58.5 Å². The number of hydrogen-bond acceptors (Lipinski definition) is 5. The number of amides is 1. The van der Waals surface area contributed by atoms with Crippen molar-refractivity contribution in [1.82, 2.24) is 9.29 Å². The van der Waals surface area contributed by atoms with Gasteiger partial charge in [0.15, 0.2) is 0 Å². The molecule has 1 aromatic heterocycles. The quantitative estimate of drug-likeness (QED) is 0.468. The van der Waals surface area contributed by atoms with Crippen molar-refractivity contribution in [2.45, 2.75) is 49.8 Å². The lowest BCUT2D eigenvalue weighted by Crippen LogP contribution is -2.30. The lowest BCUT2D eigenvalue weighted by Gasteiger charge is -2.19. The van der Waals surface area contributed by atoms with Gasteiger partial charge in [-0.1, -0.05) is 43.8 Å². The number of carbonyl (C=O) groups excluding carboxylic acids is 1. The van der Waals surface area contributed by atoms with Crippen LogP contribution in [0.3, 0.4) is 0 Å². The van der Waals surface area contributed by atoms with Crippen LogP contribution in [0.5, 0.6) is 0 Å². The molecule has 8 heteroatoms. The highest BCUT2D eigenvalue weighted by atomic mass is 32.2. The van der Waals surface area contributed by atoms with E-state index in [9.17, 15) is 13.2 Å².